The first kappa shape index (κ1) is 31.6. The Morgan fingerprint density at radius 2 is 0.550 bits per heavy atom. The number of rotatable bonds is 18. The highest BCUT2D eigenvalue weighted by molar-refractivity contribution is 5.63. The van der Waals surface area contributed by atoms with Crippen LogP contribution in [-0.4, -0.2) is 39.3 Å². The van der Waals surface area contributed by atoms with E-state index in [1.807, 2.05) is 0 Å². The summed E-state index contributed by atoms with van der Waals surface area (Å²) in [7, 11) is 0. The van der Waals surface area contributed by atoms with Gasteiger partial charge >= 0.3 is 0 Å². The van der Waals surface area contributed by atoms with Crippen LogP contribution in [0.3, 0.4) is 0 Å². The van der Waals surface area contributed by atoms with E-state index in [0.29, 0.717) is 0 Å². The smallest absolute Gasteiger partial charge is 0.0629 e. The van der Waals surface area contributed by atoms with E-state index in [0.717, 1.165) is 77.8 Å². The molecule has 3 rings (SSSR count). The normalized spacial score (nSPS) is 11.2. The van der Waals surface area contributed by atoms with Gasteiger partial charge in [0.1, 0.15) is 0 Å². The Morgan fingerprint density at radius 1 is 0.350 bits per heavy atom. The third-order valence-electron chi connectivity index (χ3n) is 7.52. The van der Waals surface area contributed by atoms with Gasteiger partial charge < -0.3 is 14.7 Å². The van der Waals surface area contributed by atoms with Crippen molar-refractivity contribution in [1.29, 1.82) is 0 Å². The highest BCUT2D eigenvalue weighted by Gasteiger charge is 2.20. The predicted molar refractivity (Wildman–Crippen MR) is 178 cm³/mol. The lowest BCUT2D eigenvalue weighted by atomic mass is 9.85. The Balaban J connectivity index is 2.00. The molecule has 0 aromatic heterocycles. The molecule has 3 aromatic rings. The fourth-order valence-electron chi connectivity index (χ4n) is 5.75. The average molecular weight is 541 g/mol. The van der Waals surface area contributed by atoms with Crippen molar-refractivity contribution in [2.24, 2.45) is 0 Å². The van der Waals surface area contributed by atoms with Crippen molar-refractivity contribution in [2.75, 3.05) is 54.0 Å². The Morgan fingerprint density at radius 3 is 0.725 bits per heavy atom. The highest BCUT2D eigenvalue weighted by atomic mass is 15.1. The molecule has 0 fully saturated rings. The molecule has 0 heterocycles. The molecule has 40 heavy (non-hydrogen) atoms. The molecule has 0 saturated heterocycles. The number of benzene rings is 3. The molecular weight excluding hydrogens is 486 g/mol. The van der Waals surface area contributed by atoms with Crippen molar-refractivity contribution in [1.82, 2.24) is 0 Å². The van der Waals surface area contributed by atoms with Crippen LogP contribution in [0.2, 0.25) is 0 Å². The van der Waals surface area contributed by atoms with Crippen LogP contribution in [0, 0.1) is 5.92 Å². The van der Waals surface area contributed by atoms with Gasteiger partial charge in [0.25, 0.3) is 0 Å². The predicted octanol–water partition coefficient (Wildman–Crippen LogP) is 9.58. The zero-order chi connectivity index (χ0) is 28.7. The van der Waals surface area contributed by atoms with Gasteiger partial charge in [-0.1, -0.05) is 77.9 Å². The molecule has 0 atom stereocenters. The van der Waals surface area contributed by atoms with Crippen molar-refractivity contribution in [3.05, 3.63) is 95.4 Å². The van der Waals surface area contributed by atoms with Gasteiger partial charge in [-0.05, 0) is 91.6 Å². The van der Waals surface area contributed by atoms with Crippen LogP contribution in [0.4, 0.5) is 17.1 Å². The fraction of sp³-hybridized carbons (Fsp3) is 0.486. The Hall–Kier alpha value is -2.94. The first-order valence-corrected chi connectivity index (χ1v) is 16.0. The molecule has 0 aliphatic carbocycles. The molecule has 0 aliphatic heterocycles. The number of nitrogens with zero attached hydrogens (tertiary/aromatic N) is 3. The lowest BCUT2D eigenvalue weighted by molar-refractivity contribution is 0.744. The van der Waals surface area contributed by atoms with Crippen LogP contribution in [0.5, 0.6) is 0 Å². The second kappa shape index (κ2) is 17.0. The van der Waals surface area contributed by atoms with Gasteiger partial charge in [-0.3, -0.25) is 0 Å². The summed E-state index contributed by atoms with van der Waals surface area (Å²) >= 11 is 0. The minimum Gasteiger partial charge on any atom is -0.372 e. The zero-order valence-corrected chi connectivity index (χ0v) is 26.3. The second-order valence-corrected chi connectivity index (χ2v) is 11.0. The first-order valence-electron chi connectivity index (χ1n) is 16.0. The maximum atomic E-state index is 2.51. The van der Waals surface area contributed by atoms with E-state index in [9.17, 15) is 0 Å². The van der Waals surface area contributed by atoms with Gasteiger partial charge in [-0.15, -0.1) is 0 Å². The van der Waals surface area contributed by atoms with Crippen LogP contribution in [0.1, 0.15) is 96.8 Å². The van der Waals surface area contributed by atoms with Gasteiger partial charge in [0.05, 0.1) is 5.92 Å². The molecule has 217 valence electrons. The maximum absolute atomic E-state index is 2.51. The topological polar surface area (TPSA) is 9.72 Å². The SMILES string of the molecule is CCCN(CCC)c1ccc([C](c2ccc(N(CCC)CCC)cc2)c2ccc(N(CCC)CCC)cc2)cc1. The van der Waals surface area contributed by atoms with Crippen molar-refractivity contribution >= 4 is 17.1 Å². The van der Waals surface area contributed by atoms with Gasteiger partial charge in [0.15, 0.2) is 0 Å². The molecular formula is C37H54N3. The lowest BCUT2D eigenvalue weighted by Crippen LogP contribution is -2.25. The summed E-state index contributed by atoms with van der Waals surface area (Å²) in [6.07, 6.45) is 6.99. The fourth-order valence-corrected chi connectivity index (χ4v) is 5.75. The number of anilines is 3. The van der Waals surface area contributed by atoms with Crippen molar-refractivity contribution in [3.63, 3.8) is 0 Å². The van der Waals surface area contributed by atoms with Crippen molar-refractivity contribution in [3.8, 4) is 0 Å². The second-order valence-electron chi connectivity index (χ2n) is 11.0. The molecule has 3 heteroatoms. The molecule has 0 unspecified atom stereocenters. The van der Waals surface area contributed by atoms with Crippen LogP contribution in [0.15, 0.2) is 72.8 Å². The largest absolute Gasteiger partial charge is 0.372 e. The van der Waals surface area contributed by atoms with Crippen molar-refractivity contribution in [2.45, 2.75) is 80.1 Å². The lowest BCUT2D eigenvalue weighted by Gasteiger charge is -2.27. The summed E-state index contributed by atoms with van der Waals surface area (Å²) in [4.78, 5) is 7.54. The molecule has 0 spiro atoms. The van der Waals surface area contributed by atoms with Crippen LogP contribution < -0.4 is 14.7 Å². The standard InChI is InChI=1S/C37H54N3/c1-7-25-38(26-8-2)34-19-13-31(14-20-34)37(32-15-21-35(22-16-32)39(27-9-3)28-10-4)33-17-23-36(24-18-33)40(29-11-5)30-12-6/h13-24H,7-12,25-30H2,1-6H3. The summed E-state index contributed by atoms with van der Waals surface area (Å²) in [6.45, 7) is 20.2. The van der Waals surface area contributed by atoms with Gasteiger partial charge in [-0.2, -0.15) is 0 Å². The van der Waals surface area contributed by atoms with Gasteiger partial charge in [-0.25, -0.2) is 0 Å². The summed E-state index contributed by atoms with van der Waals surface area (Å²) in [6, 6.07) is 27.9. The van der Waals surface area contributed by atoms with E-state index in [-0.39, 0.29) is 0 Å². The monoisotopic (exact) mass is 540 g/mol. The van der Waals surface area contributed by atoms with E-state index in [1.54, 1.807) is 0 Å². The van der Waals surface area contributed by atoms with E-state index >= 15 is 0 Å². The molecule has 3 aromatic carbocycles. The third kappa shape index (κ3) is 8.53. The highest BCUT2D eigenvalue weighted by Crippen LogP contribution is 2.34. The van der Waals surface area contributed by atoms with Crippen LogP contribution in [-0.2, 0) is 0 Å². The van der Waals surface area contributed by atoms with E-state index in [4.69, 9.17) is 0 Å². The Labute approximate surface area is 246 Å². The molecule has 0 saturated carbocycles. The molecule has 0 N–H and O–H groups in total. The Kier molecular flexibility index (Phi) is 13.4. The van der Waals surface area contributed by atoms with E-state index in [2.05, 4.69) is 129 Å². The molecule has 0 bridgehead atoms. The Bertz CT molecular complexity index is 912. The average Bonchev–Trinajstić information content (AvgIpc) is 2.98. The van der Waals surface area contributed by atoms with E-state index in [1.165, 1.54) is 39.7 Å². The zero-order valence-electron chi connectivity index (χ0n) is 26.3. The quantitative estimate of drug-likeness (QED) is 0.149. The first-order chi connectivity index (χ1) is 19.6. The molecule has 0 amide bonds. The van der Waals surface area contributed by atoms with E-state index < -0.39 is 0 Å². The maximum Gasteiger partial charge on any atom is 0.0629 e. The number of hydrogen-bond donors (Lipinski definition) is 0. The summed E-state index contributed by atoms with van der Waals surface area (Å²) < 4.78 is 0. The summed E-state index contributed by atoms with van der Waals surface area (Å²) in [5.74, 6) is 1.30. The van der Waals surface area contributed by atoms with Crippen LogP contribution in [0.25, 0.3) is 0 Å². The summed E-state index contributed by atoms with van der Waals surface area (Å²) in [5.41, 5.74) is 7.78. The van der Waals surface area contributed by atoms with Gasteiger partial charge in [0.2, 0.25) is 0 Å². The minimum atomic E-state index is 1.10. The molecule has 1 radical (unpaired) electrons. The molecule has 0 aliphatic rings. The third-order valence-corrected chi connectivity index (χ3v) is 7.52. The summed E-state index contributed by atoms with van der Waals surface area (Å²) in [5, 5.41) is 0. The molecule has 3 nitrogen and oxygen atoms in total. The van der Waals surface area contributed by atoms with Crippen molar-refractivity contribution < 1.29 is 0 Å². The van der Waals surface area contributed by atoms with Gasteiger partial charge in [0, 0.05) is 56.3 Å². The number of hydrogen-bond acceptors (Lipinski definition) is 3. The van der Waals surface area contributed by atoms with Crippen LogP contribution >= 0.6 is 0 Å². The minimum absolute atomic E-state index is 1.10.